The Hall–Kier alpha value is -0.750. The molecule has 1 aliphatic rings. The molecule has 1 saturated heterocycles. The van der Waals surface area contributed by atoms with Crippen LogP contribution in [-0.2, 0) is 20.4 Å². The van der Waals surface area contributed by atoms with Gasteiger partial charge in [0.25, 0.3) is 0 Å². The SMILES string of the molecule is CCS(=O)CCN1CC(=O)NC(=O)C1. The van der Waals surface area contributed by atoms with E-state index >= 15 is 0 Å². The molecule has 0 radical (unpaired) electrons. The lowest BCUT2D eigenvalue weighted by atomic mass is 10.3. The van der Waals surface area contributed by atoms with Gasteiger partial charge in [0.2, 0.25) is 11.8 Å². The van der Waals surface area contributed by atoms with Gasteiger partial charge in [0.15, 0.2) is 0 Å². The van der Waals surface area contributed by atoms with E-state index in [1.165, 1.54) is 0 Å². The monoisotopic (exact) mass is 218 g/mol. The Labute approximate surface area is 85.3 Å². The van der Waals surface area contributed by atoms with Crippen LogP contribution in [0, 0.1) is 0 Å². The molecule has 5 nitrogen and oxygen atoms in total. The number of piperazine rings is 1. The fourth-order valence-electron chi connectivity index (χ4n) is 1.23. The van der Waals surface area contributed by atoms with E-state index in [0.29, 0.717) is 18.1 Å². The lowest BCUT2D eigenvalue weighted by Gasteiger charge is -2.24. The molecule has 14 heavy (non-hydrogen) atoms. The number of amides is 2. The summed E-state index contributed by atoms with van der Waals surface area (Å²) < 4.78 is 11.1. The van der Waals surface area contributed by atoms with E-state index in [0.717, 1.165) is 0 Å². The number of imide groups is 1. The minimum Gasteiger partial charge on any atom is -0.294 e. The third kappa shape index (κ3) is 3.55. The second-order valence-corrected chi connectivity index (χ2v) is 4.98. The molecule has 0 bridgehead atoms. The molecule has 80 valence electrons. The summed E-state index contributed by atoms with van der Waals surface area (Å²) in [6, 6.07) is 0. The number of carbonyl (C=O) groups is 2. The first-order chi connectivity index (χ1) is 6.61. The molecule has 0 spiro atoms. The van der Waals surface area contributed by atoms with Crippen LogP contribution >= 0.6 is 0 Å². The zero-order chi connectivity index (χ0) is 10.6. The van der Waals surface area contributed by atoms with E-state index in [9.17, 15) is 13.8 Å². The first kappa shape index (κ1) is 11.3. The molecular formula is C8H14N2O3S. The maximum atomic E-state index is 11.1. The summed E-state index contributed by atoms with van der Waals surface area (Å²) in [5.74, 6) is 0.595. The first-order valence-corrected chi connectivity index (χ1v) is 6.00. The third-order valence-corrected chi connectivity index (χ3v) is 3.25. The summed E-state index contributed by atoms with van der Waals surface area (Å²) in [5, 5.41) is 2.22. The second-order valence-electron chi connectivity index (χ2n) is 3.11. The number of nitrogens with one attached hydrogen (secondary N) is 1. The van der Waals surface area contributed by atoms with Gasteiger partial charge in [0.05, 0.1) is 13.1 Å². The standard InChI is InChI=1S/C8H14N2O3S/c1-2-14(13)4-3-10-5-7(11)9-8(12)6-10/h2-6H2,1H3,(H,9,11,12). The lowest BCUT2D eigenvalue weighted by Crippen LogP contribution is -2.52. The third-order valence-electron chi connectivity index (χ3n) is 1.97. The zero-order valence-electron chi connectivity index (χ0n) is 8.12. The highest BCUT2D eigenvalue weighted by molar-refractivity contribution is 7.84. The summed E-state index contributed by atoms with van der Waals surface area (Å²) in [4.78, 5) is 23.6. The summed E-state index contributed by atoms with van der Waals surface area (Å²) in [7, 11) is -0.836. The normalized spacial score (nSPS) is 20.6. The van der Waals surface area contributed by atoms with Gasteiger partial charge in [-0.3, -0.25) is 24.0 Å². The van der Waals surface area contributed by atoms with Gasteiger partial charge in [-0.25, -0.2) is 0 Å². The van der Waals surface area contributed by atoms with Crippen LogP contribution in [-0.4, -0.2) is 52.1 Å². The van der Waals surface area contributed by atoms with Crippen LogP contribution in [0.25, 0.3) is 0 Å². The molecule has 0 aromatic carbocycles. The van der Waals surface area contributed by atoms with Gasteiger partial charge >= 0.3 is 0 Å². The van der Waals surface area contributed by atoms with E-state index in [1.54, 1.807) is 4.90 Å². The lowest BCUT2D eigenvalue weighted by molar-refractivity contribution is -0.135. The maximum Gasteiger partial charge on any atom is 0.240 e. The fraction of sp³-hybridized carbons (Fsp3) is 0.750. The van der Waals surface area contributed by atoms with Crippen molar-refractivity contribution in [2.75, 3.05) is 31.1 Å². The second kappa shape index (κ2) is 5.21. The predicted molar refractivity (Wildman–Crippen MR) is 53.1 cm³/mol. The minimum atomic E-state index is -0.836. The van der Waals surface area contributed by atoms with Crippen molar-refractivity contribution in [3.05, 3.63) is 0 Å². The van der Waals surface area contributed by atoms with Crippen molar-refractivity contribution < 1.29 is 13.8 Å². The van der Waals surface area contributed by atoms with E-state index in [2.05, 4.69) is 5.32 Å². The zero-order valence-corrected chi connectivity index (χ0v) is 8.93. The molecule has 0 aromatic heterocycles. The highest BCUT2D eigenvalue weighted by atomic mass is 32.2. The van der Waals surface area contributed by atoms with Crippen LogP contribution in [0.4, 0.5) is 0 Å². The van der Waals surface area contributed by atoms with Crippen molar-refractivity contribution in [2.45, 2.75) is 6.92 Å². The summed E-state index contributed by atoms with van der Waals surface area (Å²) in [6.07, 6.45) is 0. The molecule has 6 heteroatoms. The Bertz CT molecular complexity index is 251. The van der Waals surface area contributed by atoms with Gasteiger partial charge in [0.1, 0.15) is 0 Å². The number of rotatable bonds is 4. The van der Waals surface area contributed by atoms with Gasteiger partial charge in [-0.05, 0) is 0 Å². The van der Waals surface area contributed by atoms with Crippen molar-refractivity contribution >= 4 is 22.6 Å². The van der Waals surface area contributed by atoms with Crippen molar-refractivity contribution in [1.82, 2.24) is 10.2 Å². The Morgan fingerprint density at radius 3 is 2.43 bits per heavy atom. The van der Waals surface area contributed by atoms with Crippen LogP contribution in [0.1, 0.15) is 6.92 Å². The fourth-order valence-corrected chi connectivity index (χ4v) is 1.98. The van der Waals surface area contributed by atoms with Crippen LogP contribution in [0.5, 0.6) is 0 Å². The smallest absolute Gasteiger partial charge is 0.240 e. The van der Waals surface area contributed by atoms with Crippen LogP contribution < -0.4 is 5.32 Å². The summed E-state index contributed by atoms with van der Waals surface area (Å²) >= 11 is 0. The molecule has 1 heterocycles. The van der Waals surface area contributed by atoms with E-state index in [-0.39, 0.29) is 24.9 Å². The molecule has 1 unspecified atom stereocenters. The van der Waals surface area contributed by atoms with Crippen LogP contribution in [0.15, 0.2) is 0 Å². The molecule has 1 N–H and O–H groups in total. The van der Waals surface area contributed by atoms with Gasteiger partial charge in [-0.15, -0.1) is 0 Å². The first-order valence-electron chi connectivity index (χ1n) is 4.52. The Morgan fingerprint density at radius 2 is 1.93 bits per heavy atom. The van der Waals surface area contributed by atoms with E-state index in [1.807, 2.05) is 6.92 Å². The van der Waals surface area contributed by atoms with Crippen molar-refractivity contribution in [3.63, 3.8) is 0 Å². The molecular weight excluding hydrogens is 204 g/mol. The quantitative estimate of drug-likeness (QED) is 0.596. The average molecular weight is 218 g/mol. The largest absolute Gasteiger partial charge is 0.294 e. The molecule has 0 saturated carbocycles. The number of carbonyl (C=O) groups excluding carboxylic acids is 2. The van der Waals surface area contributed by atoms with Crippen molar-refractivity contribution in [2.24, 2.45) is 0 Å². The van der Waals surface area contributed by atoms with E-state index < -0.39 is 10.8 Å². The number of hydrogen-bond donors (Lipinski definition) is 1. The van der Waals surface area contributed by atoms with Gasteiger partial charge in [0, 0.05) is 28.9 Å². The predicted octanol–water partition coefficient (Wildman–Crippen LogP) is -1.29. The Morgan fingerprint density at radius 1 is 1.36 bits per heavy atom. The molecule has 0 aliphatic carbocycles. The van der Waals surface area contributed by atoms with Crippen LogP contribution in [0.2, 0.25) is 0 Å². The highest BCUT2D eigenvalue weighted by Gasteiger charge is 2.21. The van der Waals surface area contributed by atoms with Crippen molar-refractivity contribution in [1.29, 1.82) is 0 Å². The molecule has 1 aliphatic heterocycles. The molecule has 0 aromatic rings. The number of hydrogen-bond acceptors (Lipinski definition) is 4. The molecule has 2 amide bonds. The topological polar surface area (TPSA) is 66.5 Å². The van der Waals surface area contributed by atoms with Gasteiger partial charge in [-0.2, -0.15) is 0 Å². The highest BCUT2D eigenvalue weighted by Crippen LogP contribution is 1.95. The van der Waals surface area contributed by atoms with Crippen LogP contribution in [0.3, 0.4) is 0 Å². The Balaban J connectivity index is 2.33. The Kier molecular flexibility index (Phi) is 4.21. The van der Waals surface area contributed by atoms with Gasteiger partial charge < -0.3 is 0 Å². The molecule has 1 fully saturated rings. The van der Waals surface area contributed by atoms with Gasteiger partial charge in [-0.1, -0.05) is 6.92 Å². The molecule has 1 rings (SSSR count). The minimum absolute atomic E-state index is 0.229. The summed E-state index contributed by atoms with van der Waals surface area (Å²) in [6.45, 7) is 2.85. The molecule has 1 atom stereocenters. The average Bonchev–Trinajstić information content (AvgIpc) is 2.12. The summed E-state index contributed by atoms with van der Waals surface area (Å²) in [5.41, 5.74) is 0. The number of nitrogens with zero attached hydrogens (tertiary/aromatic N) is 1. The van der Waals surface area contributed by atoms with E-state index in [4.69, 9.17) is 0 Å². The van der Waals surface area contributed by atoms with Crippen molar-refractivity contribution in [3.8, 4) is 0 Å². The maximum absolute atomic E-state index is 11.1.